The number of hydrogen-bond donors (Lipinski definition) is 2. The summed E-state index contributed by atoms with van der Waals surface area (Å²) in [6.45, 7) is 64.6. The van der Waals surface area contributed by atoms with Crippen LogP contribution >= 0.6 is 0 Å². The van der Waals surface area contributed by atoms with Gasteiger partial charge in [0.1, 0.15) is 0 Å². The van der Waals surface area contributed by atoms with Gasteiger partial charge < -0.3 is 15.5 Å². The van der Waals surface area contributed by atoms with Crippen molar-refractivity contribution in [2.75, 3.05) is 13.6 Å². The maximum Gasteiger partial charge on any atom is 0.217 e. The molecule has 4 aliphatic rings. The maximum absolute atomic E-state index is 11.1. The molecule has 0 radical (unpaired) electrons. The highest BCUT2D eigenvalue weighted by molar-refractivity contribution is 6.37. The van der Waals surface area contributed by atoms with E-state index in [4.69, 9.17) is 0 Å². The minimum atomic E-state index is -0.301. The molecule has 3 fully saturated rings. The van der Waals surface area contributed by atoms with Crippen LogP contribution in [0, 0.1) is 52.3 Å². The highest BCUT2D eigenvalue weighted by Gasteiger charge is 2.67. The van der Waals surface area contributed by atoms with Gasteiger partial charge in [-0.2, -0.15) is 0 Å². The number of amides is 1. The molecule has 0 aromatic rings. The fourth-order valence-electron chi connectivity index (χ4n) is 8.38. The van der Waals surface area contributed by atoms with Crippen molar-refractivity contribution in [3.05, 3.63) is 73.5 Å². The van der Waals surface area contributed by atoms with Gasteiger partial charge in [0.15, 0.2) is 5.78 Å². The van der Waals surface area contributed by atoms with Crippen molar-refractivity contribution >= 4 is 17.5 Å². The molecule has 8 atom stereocenters. The second-order valence-electron chi connectivity index (χ2n) is 20.4. The van der Waals surface area contributed by atoms with Crippen LogP contribution in [0.4, 0.5) is 0 Å². The molecule has 1 saturated heterocycles. The van der Waals surface area contributed by atoms with E-state index in [1.54, 1.807) is 6.92 Å². The number of Topliss-reactive ketones (excluding diaryl/α,β-unsaturated/α-hetero) is 2. The summed E-state index contributed by atoms with van der Waals surface area (Å²) >= 11 is 0. The standard InChI is InChI=1S/C24H36N2.C9H16O2.C8H17NO.C6H12.C5H12.C4H8.3C2H6/c1-15(2)23-21-20(24(21,4)5)14-26(23)16(3)22(25-6)19-12-17-10-8-7-9-11-18(17)13-19;1-4-6-8(5-2)9(11)7(3)10;1-6(8(3,4)5)9-7(2)10;1-4-6(3)5-2;1-4-5(2)3;1-3-4-2;3*1-2/h8-11,17-23,25H,1,3,7,12-14H2,2,4-6H3;8H,4-6H2,1-3H3;6H,1-5H3,(H,9,10);3-5H2,1-2H3;5H,4H2,1-3H3;3H,1,4H2,2H3;3*1-2H3/t17?,18?,19?,20-,21-,22?,23?;;;;;;;;/m0......../s1. The molecule has 68 heavy (non-hydrogen) atoms. The Bertz CT molecular complexity index is 1400. The van der Waals surface area contributed by atoms with Gasteiger partial charge in [-0.3, -0.25) is 14.4 Å². The summed E-state index contributed by atoms with van der Waals surface area (Å²) in [6.07, 6.45) is 22.4. The van der Waals surface area contributed by atoms with Gasteiger partial charge in [-0.25, -0.2) is 0 Å². The highest BCUT2D eigenvalue weighted by atomic mass is 16.2. The van der Waals surface area contributed by atoms with Crippen LogP contribution < -0.4 is 10.6 Å². The van der Waals surface area contributed by atoms with E-state index in [1.165, 1.54) is 43.0 Å². The molecule has 6 heteroatoms. The van der Waals surface area contributed by atoms with Crippen LogP contribution in [0.5, 0.6) is 0 Å². The van der Waals surface area contributed by atoms with Gasteiger partial charge in [-0.15, -0.1) is 6.58 Å². The summed E-state index contributed by atoms with van der Waals surface area (Å²) in [5.74, 6) is 4.06. The Kier molecular flexibility index (Phi) is 45.4. The molecule has 1 amide bonds. The van der Waals surface area contributed by atoms with Gasteiger partial charge in [-0.1, -0.05) is 206 Å². The third kappa shape index (κ3) is 29.3. The summed E-state index contributed by atoms with van der Waals surface area (Å²) in [5.41, 5.74) is 4.59. The van der Waals surface area contributed by atoms with Gasteiger partial charge in [0.2, 0.25) is 11.7 Å². The molecule has 3 aliphatic carbocycles. The Hall–Kier alpha value is -2.99. The number of ketones is 2. The van der Waals surface area contributed by atoms with Gasteiger partial charge in [-0.05, 0) is 119 Å². The monoisotopic (exact) mass is 954 g/mol. The topological polar surface area (TPSA) is 78.5 Å². The van der Waals surface area contributed by atoms with E-state index in [2.05, 4.69) is 156 Å². The van der Waals surface area contributed by atoms with Crippen molar-refractivity contribution in [2.24, 2.45) is 52.3 Å². The number of likely N-dealkylation sites (N-methyl/N-ethyl adjacent to an activating group) is 1. The number of nitrogens with one attached hydrogen (secondary N) is 2. The maximum atomic E-state index is 11.1. The number of allylic oxidation sites excluding steroid dienone is 6. The van der Waals surface area contributed by atoms with Crippen LogP contribution in [0.2, 0.25) is 0 Å². The Balaban J connectivity index is -0.000000264. The highest BCUT2D eigenvalue weighted by Crippen LogP contribution is 2.66. The molecule has 0 aromatic heterocycles. The first-order valence-electron chi connectivity index (χ1n) is 27.5. The SMILES string of the molecule is C=C(C)C1[C@@H]2[C@H](CN1C(=C)C(NC)C1CC3C=CCC=CC3C1)C2(C)C.C=C(CC)CC.C=CCC.CC.CC.CC.CC(=O)NC(C)C(C)(C)C.CCC(C)C.CCCC(CC)C(=O)C(C)=O. The molecule has 1 heterocycles. The quantitative estimate of drug-likeness (QED) is 0.126. The fourth-order valence-corrected chi connectivity index (χ4v) is 8.38. The second-order valence-corrected chi connectivity index (χ2v) is 20.4. The minimum Gasteiger partial charge on any atom is -0.367 e. The lowest BCUT2D eigenvalue weighted by atomic mass is 9.88. The molecule has 0 bridgehead atoms. The number of likely N-dealkylation sites (tertiary alicyclic amines) is 1. The molecule has 0 aromatic carbocycles. The third-order valence-corrected chi connectivity index (χ3v) is 13.6. The van der Waals surface area contributed by atoms with Crippen LogP contribution in [0.25, 0.3) is 0 Å². The van der Waals surface area contributed by atoms with E-state index in [0.29, 0.717) is 35.3 Å². The summed E-state index contributed by atoms with van der Waals surface area (Å²) < 4.78 is 0. The smallest absolute Gasteiger partial charge is 0.217 e. The number of carbonyl (C=O) groups is 3. The average Bonchev–Trinajstić information content (AvgIpc) is 3.55. The average molecular weight is 955 g/mol. The predicted octanol–water partition coefficient (Wildman–Crippen LogP) is 17.4. The molecule has 2 saturated carbocycles. The Morgan fingerprint density at radius 2 is 1.25 bits per heavy atom. The van der Waals surface area contributed by atoms with Crippen LogP contribution in [-0.2, 0) is 14.4 Å². The predicted molar refractivity (Wildman–Crippen MR) is 307 cm³/mol. The zero-order valence-electron chi connectivity index (χ0n) is 49.9. The van der Waals surface area contributed by atoms with Crippen LogP contribution in [-0.4, -0.2) is 54.1 Å². The number of rotatable bonds is 15. The summed E-state index contributed by atoms with van der Waals surface area (Å²) in [5, 5.41) is 6.48. The molecular formula is C62H119N3O3. The van der Waals surface area contributed by atoms with Crippen molar-refractivity contribution in [1.29, 1.82) is 0 Å². The summed E-state index contributed by atoms with van der Waals surface area (Å²) in [4.78, 5) is 35.0. The molecule has 4 rings (SSSR count). The van der Waals surface area contributed by atoms with E-state index < -0.39 is 0 Å². The first-order chi connectivity index (χ1) is 31.8. The van der Waals surface area contributed by atoms with E-state index in [9.17, 15) is 14.4 Å². The molecule has 400 valence electrons. The molecule has 6 nitrogen and oxygen atoms in total. The zero-order chi connectivity index (χ0) is 54.5. The molecular weight excluding hydrogens is 835 g/mol. The lowest BCUT2D eigenvalue weighted by molar-refractivity contribution is -0.138. The minimum absolute atomic E-state index is 0.0301. The lowest BCUT2D eigenvalue weighted by Gasteiger charge is -2.39. The first kappa shape index (κ1) is 74.0. The fraction of sp³-hybridized carbons (Fsp3) is 0.758. The lowest BCUT2D eigenvalue weighted by Crippen LogP contribution is -2.45. The molecule has 2 N–H and O–H groups in total. The number of hydrogen-bond acceptors (Lipinski definition) is 5. The van der Waals surface area contributed by atoms with E-state index >= 15 is 0 Å². The number of nitrogens with zero attached hydrogens (tertiary/aromatic N) is 1. The van der Waals surface area contributed by atoms with Crippen LogP contribution in [0.3, 0.4) is 0 Å². The number of piperidine rings is 1. The normalized spacial score (nSPS) is 21.8. The molecule has 6 unspecified atom stereocenters. The van der Waals surface area contributed by atoms with Crippen LogP contribution in [0.1, 0.15) is 223 Å². The van der Waals surface area contributed by atoms with Gasteiger partial charge in [0, 0.05) is 44.1 Å². The number of carbonyl (C=O) groups excluding carboxylic acids is 3. The van der Waals surface area contributed by atoms with Gasteiger partial charge in [0.05, 0.1) is 6.04 Å². The van der Waals surface area contributed by atoms with Crippen molar-refractivity contribution in [2.45, 2.75) is 242 Å². The van der Waals surface area contributed by atoms with Crippen molar-refractivity contribution in [3.8, 4) is 0 Å². The van der Waals surface area contributed by atoms with E-state index in [0.717, 1.165) is 69.2 Å². The summed E-state index contributed by atoms with van der Waals surface area (Å²) in [7, 11) is 2.12. The van der Waals surface area contributed by atoms with E-state index in [-0.39, 0.29) is 34.8 Å². The van der Waals surface area contributed by atoms with Crippen molar-refractivity contribution in [1.82, 2.24) is 15.5 Å². The van der Waals surface area contributed by atoms with Gasteiger partial charge >= 0.3 is 0 Å². The third-order valence-electron chi connectivity index (χ3n) is 13.6. The zero-order valence-corrected chi connectivity index (χ0v) is 49.9. The Morgan fingerprint density at radius 1 is 0.809 bits per heavy atom. The number of fused-ring (bicyclic) bond motifs is 2. The second kappa shape index (κ2) is 41.8. The summed E-state index contributed by atoms with van der Waals surface area (Å²) in [6, 6.07) is 1.10. The Morgan fingerprint density at radius 3 is 1.51 bits per heavy atom. The largest absolute Gasteiger partial charge is 0.367 e. The Labute approximate surface area is 426 Å². The van der Waals surface area contributed by atoms with Crippen LogP contribution in [0.15, 0.2) is 73.5 Å². The molecule has 1 aliphatic heterocycles. The first-order valence-corrected chi connectivity index (χ1v) is 27.5. The van der Waals surface area contributed by atoms with Crippen molar-refractivity contribution in [3.63, 3.8) is 0 Å². The van der Waals surface area contributed by atoms with Crippen molar-refractivity contribution < 1.29 is 14.4 Å². The van der Waals surface area contributed by atoms with E-state index in [1.807, 2.05) is 68.4 Å². The molecule has 0 spiro atoms. The van der Waals surface area contributed by atoms with Gasteiger partial charge in [0.25, 0.3) is 0 Å².